The van der Waals surface area contributed by atoms with E-state index in [-0.39, 0.29) is 0 Å². The molecule has 0 nitrogen and oxygen atoms in total. The van der Waals surface area contributed by atoms with Crippen LogP contribution in [0, 0.1) is 0 Å². The van der Waals surface area contributed by atoms with E-state index in [0.29, 0.717) is 0 Å². The number of fused-ring (bicyclic) bond motifs is 17. The number of benzene rings is 12. The highest BCUT2D eigenvalue weighted by Crippen LogP contribution is 2.66. The summed E-state index contributed by atoms with van der Waals surface area (Å²) >= 11 is 0. The lowest BCUT2D eigenvalue weighted by Crippen LogP contribution is -2.26. The van der Waals surface area contributed by atoms with Crippen LogP contribution in [0.5, 0.6) is 0 Å². The van der Waals surface area contributed by atoms with Crippen LogP contribution < -0.4 is 0 Å². The molecule has 2 aliphatic rings. The minimum atomic E-state index is -0.504. The smallest absolute Gasteiger partial charge is 0.0619 e. The molecule has 0 saturated heterocycles. The van der Waals surface area contributed by atoms with Gasteiger partial charge in [-0.05, 0) is 144 Å². The summed E-state index contributed by atoms with van der Waals surface area (Å²) in [6.07, 6.45) is 0. The standard InChI is InChI=1S/C63H38/c1-2-17-43-37-44(34-31-39(43)15-1)40-29-32-42(33-30-40)59-50-23-7-9-25-52(50)60(53-26-10-8-24-51(53)59)55-38-58-61(49-22-6-5-19-46(49)55)54-36-35-41-16-3-4-18-45(41)62(54)63(58)56-27-13-11-20-47(56)48-21-12-14-28-57(48)63/h1-38H. The first-order valence-corrected chi connectivity index (χ1v) is 22.1. The van der Waals surface area contributed by atoms with E-state index in [9.17, 15) is 0 Å². The summed E-state index contributed by atoms with van der Waals surface area (Å²) in [5, 5.41) is 12.7. The van der Waals surface area contributed by atoms with Gasteiger partial charge in [0.05, 0.1) is 5.41 Å². The topological polar surface area (TPSA) is 0 Å². The van der Waals surface area contributed by atoms with Crippen molar-refractivity contribution in [1.82, 2.24) is 0 Å². The molecular weight excluding hydrogens is 757 g/mol. The van der Waals surface area contributed by atoms with Gasteiger partial charge >= 0.3 is 0 Å². The second-order valence-corrected chi connectivity index (χ2v) is 17.4. The Bertz CT molecular complexity index is 3800. The minimum absolute atomic E-state index is 0.504. The third-order valence-corrected chi connectivity index (χ3v) is 14.4. The van der Waals surface area contributed by atoms with Crippen LogP contribution in [0.15, 0.2) is 231 Å². The second-order valence-electron chi connectivity index (χ2n) is 17.4. The average Bonchev–Trinajstić information content (AvgIpc) is 3.83. The fourth-order valence-corrected chi connectivity index (χ4v) is 11.9. The molecule has 0 aliphatic heterocycles. The Balaban J connectivity index is 1.07. The first-order valence-electron chi connectivity index (χ1n) is 22.1. The first kappa shape index (κ1) is 34.6. The van der Waals surface area contributed by atoms with Crippen molar-refractivity contribution in [2.75, 3.05) is 0 Å². The number of rotatable bonds is 3. The highest BCUT2D eigenvalue weighted by Gasteiger charge is 2.53. The molecule has 0 heterocycles. The van der Waals surface area contributed by atoms with Crippen molar-refractivity contribution in [1.29, 1.82) is 0 Å². The SMILES string of the molecule is c1ccc2c(c1)-c1ccccc1C21c2cc(-c3c4ccccc4c(-c4ccc(-c5ccc6ccccc6c5)cc4)c4ccccc34)c3ccccc3c2-c2ccc3ccccc3c21. The molecular formula is C63H38. The summed E-state index contributed by atoms with van der Waals surface area (Å²) < 4.78 is 0. The zero-order valence-corrected chi connectivity index (χ0v) is 34.4. The minimum Gasteiger partial charge on any atom is -0.0619 e. The number of hydrogen-bond acceptors (Lipinski definition) is 0. The Hall–Kier alpha value is -8.06. The maximum Gasteiger partial charge on any atom is 0.0731 e. The van der Waals surface area contributed by atoms with Gasteiger partial charge in [0.1, 0.15) is 0 Å². The molecule has 0 N–H and O–H groups in total. The largest absolute Gasteiger partial charge is 0.0731 e. The van der Waals surface area contributed by atoms with Crippen molar-refractivity contribution in [3.8, 4) is 55.6 Å². The van der Waals surface area contributed by atoms with E-state index in [1.54, 1.807) is 0 Å². The van der Waals surface area contributed by atoms with E-state index in [1.165, 1.54) is 132 Å². The Morgan fingerprint density at radius 2 is 0.683 bits per heavy atom. The van der Waals surface area contributed by atoms with E-state index in [1.807, 2.05) is 0 Å². The van der Waals surface area contributed by atoms with Gasteiger partial charge in [0.2, 0.25) is 0 Å². The maximum atomic E-state index is 2.61. The summed E-state index contributed by atoms with van der Waals surface area (Å²) in [5.41, 5.74) is 17.8. The highest BCUT2D eigenvalue weighted by molar-refractivity contribution is 6.25. The Morgan fingerprint density at radius 3 is 1.33 bits per heavy atom. The average molecular weight is 795 g/mol. The van der Waals surface area contributed by atoms with Gasteiger partial charge < -0.3 is 0 Å². The molecule has 0 unspecified atom stereocenters. The van der Waals surface area contributed by atoms with Gasteiger partial charge in [-0.1, -0.05) is 218 Å². The first-order chi connectivity index (χ1) is 31.3. The van der Waals surface area contributed by atoms with Gasteiger partial charge in [-0.15, -0.1) is 0 Å². The molecule has 0 bridgehead atoms. The predicted molar refractivity (Wildman–Crippen MR) is 267 cm³/mol. The van der Waals surface area contributed by atoms with E-state index in [0.717, 1.165) is 0 Å². The van der Waals surface area contributed by atoms with Crippen LogP contribution in [0.4, 0.5) is 0 Å². The van der Waals surface area contributed by atoms with Crippen LogP contribution in [0.1, 0.15) is 22.3 Å². The van der Waals surface area contributed by atoms with Gasteiger partial charge in [-0.3, -0.25) is 0 Å². The van der Waals surface area contributed by atoms with Crippen LogP contribution in [0.25, 0.3) is 109 Å². The van der Waals surface area contributed by atoms with Gasteiger partial charge in [0.25, 0.3) is 0 Å². The summed E-state index contributed by atoms with van der Waals surface area (Å²) in [5.74, 6) is 0. The van der Waals surface area contributed by atoms with Crippen molar-refractivity contribution in [3.63, 3.8) is 0 Å². The van der Waals surface area contributed by atoms with Crippen LogP contribution in [0.2, 0.25) is 0 Å². The van der Waals surface area contributed by atoms with Crippen LogP contribution >= 0.6 is 0 Å². The van der Waals surface area contributed by atoms with Crippen LogP contribution in [0.3, 0.4) is 0 Å². The zero-order chi connectivity index (χ0) is 41.2. The van der Waals surface area contributed by atoms with Crippen molar-refractivity contribution in [2.45, 2.75) is 5.41 Å². The van der Waals surface area contributed by atoms with E-state index in [4.69, 9.17) is 0 Å². The zero-order valence-electron chi connectivity index (χ0n) is 34.4. The lowest BCUT2D eigenvalue weighted by Gasteiger charge is -2.32. The lowest BCUT2D eigenvalue weighted by molar-refractivity contribution is 0.802. The third-order valence-electron chi connectivity index (χ3n) is 14.4. The van der Waals surface area contributed by atoms with Gasteiger partial charge in [-0.25, -0.2) is 0 Å². The Kier molecular flexibility index (Phi) is 7.13. The van der Waals surface area contributed by atoms with Gasteiger partial charge in [0.15, 0.2) is 0 Å². The third kappa shape index (κ3) is 4.65. The summed E-state index contributed by atoms with van der Waals surface area (Å²) in [7, 11) is 0. The van der Waals surface area contributed by atoms with Gasteiger partial charge in [0, 0.05) is 0 Å². The Labute approximate surface area is 366 Å². The molecule has 1 spiro atoms. The van der Waals surface area contributed by atoms with Crippen molar-refractivity contribution in [3.05, 3.63) is 253 Å². The monoisotopic (exact) mass is 794 g/mol. The lowest BCUT2D eigenvalue weighted by atomic mass is 9.68. The normalized spacial score (nSPS) is 13.2. The fraction of sp³-hybridized carbons (Fsp3) is 0.0159. The summed E-state index contributed by atoms with van der Waals surface area (Å²) in [6, 6.07) is 86.7. The molecule has 0 amide bonds. The predicted octanol–water partition coefficient (Wildman–Crippen LogP) is 16.8. The van der Waals surface area contributed by atoms with Crippen molar-refractivity contribution in [2.24, 2.45) is 0 Å². The highest BCUT2D eigenvalue weighted by atomic mass is 14.5. The molecule has 290 valence electrons. The fourth-order valence-electron chi connectivity index (χ4n) is 11.9. The second kappa shape index (κ2) is 13.0. The molecule has 0 fully saturated rings. The van der Waals surface area contributed by atoms with Crippen molar-refractivity contribution >= 4 is 53.9 Å². The van der Waals surface area contributed by atoms with Gasteiger partial charge in [-0.2, -0.15) is 0 Å². The molecule has 0 saturated carbocycles. The number of hydrogen-bond donors (Lipinski definition) is 0. The molecule has 0 atom stereocenters. The van der Waals surface area contributed by atoms with E-state index in [2.05, 4.69) is 231 Å². The molecule has 0 aromatic heterocycles. The van der Waals surface area contributed by atoms with E-state index < -0.39 is 5.41 Å². The van der Waals surface area contributed by atoms with Crippen molar-refractivity contribution < 1.29 is 0 Å². The Morgan fingerprint density at radius 1 is 0.222 bits per heavy atom. The molecule has 0 heteroatoms. The summed E-state index contributed by atoms with van der Waals surface area (Å²) in [6.45, 7) is 0. The molecule has 63 heavy (non-hydrogen) atoms. The molecule has 0 radical (unpaired) electrons. The summed E-state index contributed by atoms with van der Waals surface area (Å²) in [4.78, 5) is 0. The molecule has 12 aromatic rings. The van der Waals surface area contributed by atoms with Crippen LogP contribution in [-0.2, 0) is 5.41 Å². The quantitative estimate of drug-likeness (QED) is 0.156. The molecule has 2 aliphatic carbocycles. The van der Waals surface area contributed by atoms with E-state index >= 15 is 0 Å². The molecule has 14 rings (SSSR count). The molecule has 12 aromatic carbocycles. The maximum absolute atomic E-state index is 2.61. The van der Waals surface area contributed by atoms with Crippen LogP contribution in [-0.4, -0.2) is 0 Å².